The number of hydrogen-bond donors (Lipinski definition) is 0. The van der Waals surface area contributed by atoms with Crippen LogP contribution in [0.1, 0.15) is 43.4 Å². The van der Waals surface area contributed by atoms with E-state index in [2.05, 4.69) is 11.6 Å². The number of fused-ring (bicyclic) bond motifs is 1. The molecule has 1 aromatic heterocycles. The summed E-state index contributed by atoms with van der Waals surface area (Å²) in [5.41, 5.74) is -0.0611. The minimum absolute atomic E-state index is 0.0326. The predicted octanol–water partition coefficient (Wildman–Crippen LogP) is 7.75. The summed E-state index contributed by atoms with van der Waals surface area (Å²) in [6, 6.07) is 9.50. The van der Waals surface area contributed by atoms with E-state index in [9.17, 15) is 26.0 Å². The quantitative estimate of drug-likeness (QED) is 0.128. The van der Waals surface area contributed by atoms with Crippen LogP contribution < -0.4 is 13.8 Å². The first-order valence-electron chi connectivity index (χ1n) is 13.1. The van der Waals surface area contributed by atoms with Crippen LogP contribution in [0, 0.1) is 5.82 Å². The summed E-state index contributed by atoms with van der Waals surface area (Å²) in [6.07, 6.45) is -2.74. The molecule has 0 amide bonds. The van der Waals surface area contributed by atoms with E-state index in [4.69, 9.17) is 25.8 Å². The first-order chi connectivity index (χ1) is 20.3. The molecule has 0 aliphatic carbocycles. The van der Waals surface area contributed by atoms with Crippen LogP contribution in [0.4, 0.5) is 23.2 Å². The summed E-state index contributed by atoms with van der Waals surface area (Å²) in [7, 11) is -3.23. The smallest absolute Gasteiger partial charge is 0.417 e. The average Bonchev–Trinajstić information content (AvgIpc) is 2.95. The van der Waals surface area contributed by atoms with Crippen LogP contribution in [-0.2, 0) is 20.9 Å². The minimum Gasteiger partial charge on any atom is -0.502 e. The molecule has 0 N–H and O–H groups in total. The number of aromatic nitrogens is 1. The van der Waals surface area contributed by atoms with Gasteiger partial charge in [-0.3, -0.25) is 4.31 Å². The van der Waals surface area contributed by atoms with Gasteiger partial charge in [0.25, 0.3) is 10.0 Å². The Morgan fingerprint density at radius 1 is 1.26 bits per heavy atom. The zero-order chi connectivity index (χ0) is 31.5. The Kier molecular flexibility index (Phi) is 9.60. The Balaban J connectivity index is 1.85. The molecule has 0 radical (unpaired) electrons. The number of sulfonamides is 1. The molecule has 2 heterocycles. The monoisotopic (exact) mass is 640 g/mol. The van der Waals surface area contributed by atoms with Crippen molar-refractivity contribution in [3.05, 3.63) is 88.5 Å². The van der Waals surface area contributed by atoms with Gasteiger partial charge < -0.3 is 14.2 Å². The molecule has 43 heavy (non-hydrogen) atoms. The molecule has 7 nitrogen and oxygen atoms in total. The Labute approximate surface area is 252 Å². The van der Waals surface area contributed by atoms with E-state index < -0.39 is 44.5 Å². The number of benzene rings is 2. The van der Waals surface area contributed by atoms with E-state index in [1.807, 2.05) is 0 Å². The number of rotatable bonds is 10. The van der Waals surface area contributed by atoms with Gasteiger partial charge in [0.05, 0.1) is 42.3 Å². The van der Waals surface area contributed by atoms with Gasteiger partial charge in [0, 0.05) is 18.2 Å². The molecule has 0 spiro atoms. The summed E-state index contributed by atoms with van der Waals surface area (Å²) < 4.78 is 101. The van der Waals surface area contributed by atoms with E-state index in [-0.39, 0.29) is 35.2 Å². The number of alkyl halides is 3. The van der Waals surface area contributed by atoms with Gasteiger partial charge in [-0.05, 0) is 61.7 Å². The number of anilines is 1. The molecule has 1 aliphatic rings. The highest BCUT2D eigenvalue weighted by Gasteiger charge is 2.39. The van der Waals surface area contributed by atoms with Crippen molar-refractivity contribution in [2.24, 2.45) is 0 Å². The van der Waals surface area contributed by atoms with Gasteiger partial charge >= 0.3 is 6.18 Å². The number of allylic oxidation sites excluding steroid dienone is 2. The molecule has 0 saturated heterocycles. The average molecular weight is 641 g/mol. The van der Waals surface area contributed by atoms with E-state index in [1.54, 1.807) is 38.1 Å². The van der Waals surface area contributed by atoms with E-state index in [0.29, 0.717) is 42.0 Å². The lowest BCUT2D eigenvalue weighted by molar-refractivity contribution is -0.138. The van der Waals surface area contributed by atoms with Gasteiger partial charge in [-0.15, -0.1) is 0 Å². The van der Waals surface area contributed by atoms with Crippen molar-refractivity contribution >= 4 is 39.0 Å². The fraction of sp³-hybridized carbons (Fsp3) is 0.300. The molecule has 230 valence electrons. The standard InChI is InChI=1S/C30H29ClF4N2O5S/c1-5-41-29-27(15-21(16-36-29)30(33,34)35)43(38,39)37-17-22(11-9-19(3)40-4)42-26-12-10-20(14-25(26)37)13-18(2)28-23(31)7-6-8-24(28)32/h6-8,10,12-16,22H,3,5,9,11,17H2,1-2,4H3/b18-13+/t22-/m0/s1. The molecule has 1 atom stereocenters. The van der Waals surface area contributed by atoms with Gasteiger partial charge in [0.1, 0.15) is 17.7 Å². The van der Waals surface area contributed by atoms with Crippen molar-refractivity contribution in [1.82, 2.24) is 4.98 Å². The van der Waals surface area contributed by atoms with Crippen molar-refractivity contribution in [1.29, 1.82) is 0 Å². The molecule has 13 heteroatoms. The Morgan fingerprint density at radius 2 is 2.00 bits per heavy atom. The summed E-state index contributed by atoms with van der Waals surface area (Å²) in [6.45, 7) is 6.71. The molecule has 0 saturated carbocycles. The number of methoxy groups -OCH3 is 1. The van der Waals surface area contributed by atoms with Gasteiger partial charge in [-0.2, -0.15) is 13.2 Å². The molecule has 4 rings (SSSR count). The molecule has 0 fully saturated rings. The SMILES string of the molecule is C=C(CC[C@H]1CN(S(=O)(=O)c2cc(C(F)(F)F)cnc2OCC)c2cc(/C=C(\C)c3c(F)cccc3Cl)ccc2O1)OC. The first-order valence-corrected chi connectivity index (χ1v) is 15.0. The molecule has 1 aliphatic heterocycles. The molecule has 3 aromatic rings. The lowest BCUT2D eigenvalue weighted by Crippen LogP contribution is -2.43. The molecule has 0 bridgehead atoms. The summed E-state index contributed by atoms with van der Waals surface area (Å²) >= 11 is 6.22. The topological polar surface area (TPSA) is 78.0 Å². The van der Waals surface area contributed by atoms with Gasteiger partial charge in [0.15, 0.2) is 4.90 Å². The largest absolute Gasteiger partial charge is 0.502 e. The Morgan fingerprint density at radius 3 is 2.65 bits per heavy atom. The molecular weight excluding hydrogens is 612 g/mol. The third-order valence-corrected chi connectivity index (χ3v) is 8.77. The van der Waals surface area contributed by atoms with Gasteiger partial charge in [0.2, 0.25) is 5.88 Å². The Hall–Kier alpha value is -3.77. The normalized spacial score (nSPS) is 15.5. The van der Waals surface area contributed by atoms with Crippen LogP contribution in [0.3, 0.4) is 0 Å². The number of pyridine rings is 1. The maximum Gasteiger partial charge on any atom is 0.417 e. The third-order valence-electron chi connectivity index (χ3n) is 6.68. The minimum atomic E-state index is -4.85. The zero-order valence-corrected chi connectivity index (χ0v) is 25.1. The zero-order valence-electron chi connectivity index (χ0n) is 23.5. The van der Waals surface area contributed by atoms with E-state index >= 15 is 0 Å². The third kappa shape index (κ3) is 7.07. The van der Waals surface area contributed by atoms with Crippen LogP contribution >= 0.6 is 11.6 Å². The highest BCUT2D eigenvalue weighted by atomic mass is 35.5. The van der Waals surface area contributed by atoms with Crippen molar-refractivity contribution in [2.45, 2.75) is 43.9 Å². The second kappa shape index (κ2) is 12.8. The predicted molar refractivity (Wildman–Crippen MR) is 156 cm³/mol. The number of ether oxygens (including phenoxy) is 3. The van der Waals surface area contributed by atoms with Crippen LogP contribution in [0.25, 0.3) is 11.6 Å². The number of halogens is 5. The number of nitrogens with zero attached hydrogens (tertiary/aromatic N) is 2. The fourth-order valence-electron chi connectivity index (χ4n) is 4.55. The lowest BCUT2D eigenvalue weighted by Gasteiger charge is -2.36. The second-order valence-corrected chi connectivity index (χ2v) is 11.9. The summed E-state index contributed by atoms with van der Waals surface area (Å²) in [5.74, 6) is -0.367. The van der Waals surface area contributed by atoms with Crippen LogP contribution in [0.2, 0.25) is 5.02 Å². The fourth-order valence-corrected chi connectivity index (χ4v) is 6.47. The summed E-state index contributed by atoms with van der Waals surface area (Å²) in [5, 5.41) is 0.195. The second-order valence-electron chi connectivity index (χ2n) is 9.67. The van der Waals surface area contributed by atoms with Crippen molar-refractivity contribution in [3.63, 3.8) is 0 Å². The van der Waals surface area contributed by atoms with Gasteiger partial charge in [-0.1, -0.05) is 36.4 Å². The maximum atomic E-state index is 14.6. The van der Waals surface area contributed by atoms with E-state index in [0.717, 1.165) is 4.31 Å². The highest BCUT2D eigenvalue weighted by molar-refractivity contribution is 7.93. The van der Waals surface area contributed by atoms with Crippen LogP contribution in [0.15, 0.2) is 65.9 Å². The van der Waals surface area contributed by atoms with Crippen molar-refractivity contribution < 1.29 is 40.2 Å². The van der Waals surface area contributed by atoms with Crippen molar-refractivity contribution in [3.8, 4) is 11.6 Å². The molecule has 2 aromatic carbocycles. The van der Waals surface area contributed by atoms with Crippen LogP contribution in [-0.4, -0.2) is 39.8 Å². The van der Waals surface area contributed by atoms with Gasteiger partial charge in [-0.25, -0.2) is 17.8 Å². The maximum absolute atomic E-state index is 14.6. The van der Waals surface area contributed by atoms with Crippen LogP contribution in [0.5, 0.6) is 11.6 Å². The van der Waals surface area contributed by atoms with E-state index in [1.165, 1.54) is 25.3 Å². The first kappa shape index (κ1) is 32.2. The molecule has 0 unspecified atom stereocenters. The van der Waals surface area contributed by atoms with Crippen molar-refractivity contribution in [2.75, 3.05) is 24.6 Å². The number of hydrogen-bond acceptors (Lipinski definition) is 6. The highest BCUT2D eigenvalue weighted by Crippen LogP contribution is 2.42. The lowest BCUT2D eigenvalue weighted by atomic mass is 10.0. The summed E-state index contributed by atoms with van der Waals surface area (Å²) in [4.78, 5) is 2.94. The Bertz CT molecular complexity index is 1640. The molecular formula is C30H29ClF4N2O5S.